The van der Waals surface area contributed by atoms with Gasteiger partial charge in [-0.3, -0.25) is 0 Å². The van der Waals surface area contributed by atoms with Gasteiger partial charge in [0.25, 0.3) is 0 Å². The van der Waals surface area contributed by atoms with Crippen molar-refractivity contribution < 1.29 is 19.8 Å². The molecule has 0 aromatic carbocycles. The van der Waals surface area contributed by atoms with Crippen molar-refractivity contribution in [3.05, 3.63) is 17.6 Å². The van der Waals surface area contributed by atoms with E-state index in [4.69, 9.17) is 10.2 Å². The number of carbonyl (C=O) groups is 2. The third-order valence-electron chi connectivity index (χ3n) is 1.33. The van der Waals surface area contributed by atoms with Gasteiger partial charge in [0.1, 0.15) is 5.82 Å². The first-order chi connectivity index (χ1) is 7.00. The second kappa shape index (κ2) is 4.51. The molecule has 0 fully saturated rings. The van der Waals surface area contributed by atoms with Crippen molar-refractivity contribution in [1.29, 1.82) is 0 Å². The van der Waals surface area contributed by atoms with Crippen LogP contribution in [-0.2, 0) is 9.59 Å². The van der Waals surface area contributed by atoms with E-state index in [1.54, 1.807) is 6.92 Å². The third-order valence-corrected chi connectivity index (χ3v) is 2.07. The van der Waals surface area contributed by atoms with Crippen molar-refractivity contribution in [3.63, 3.8) is 0 Å². The van der Waals surface area contributed by atoms with E-state index in [9.17, 15) is 9.59 Å². The minimum Gasteiger partial charge on any atom is -0.477 e. The molecule has 0 saturated heterocycles. The SMILES string of the molecule is Cc1nsc(NC=C(C(=O)O)C(=O)O)n1. The first-order valence-electron chi connectivity index (χ1n) is 3.74. The standard InChI is InChI=1S/C7H7N3O4S/c1-3-9-7(15-10-3)8-2-4(5(11)12)6(13)14/h2H,1H3,(H,11,12)(H,13,14)(H,8,9,10). The lowest BCUT2D eigenvalue weighted by atomic mass is 10.3. The van der Waals surface area contributed by atoms with Gasteiger partial charge in [0, 0.05) is 17.7 Å². The van der Waals surface area contributed by atoms with E-state index in [1.165, 1.54) is 0 Å². The smallest absolute Gasteiger partial charge is 0.344 e. The molecule has 0 aliphatic carbocycles. The Hall–Kier alpha value is -1.96. The van der Waals surface area contributed by atoms with Crippen LogP contribution < -0.4 is 5.32 Å². The summed E-state index contributed by atoms with van der Waals surface area (Å²) in [7, 11) is 0. The molecule has 1 heterocycles. The van der Waals surface area contributed by atoms with Gasteiger partial charge in [0.15, 0.2) is 5.57 Å². The van der Waals surface area contributed by atoms with Crippen LogP contribution in [0.15, 0.2) is 11.8 Å². The van der Waals surface area contributed by atoms with Gasteiger partial charge < -0.3 is 15.5 Å². The van der Waals surface area contributed by atoms with Gasteiger partial charge in [0.2, 0.25) is 5.13 Å². The quantitative estimate of drug-likeness (QED) is 0.387. The van der Waals surface area contributed by atoms with E-state index < -0.39 is 17.5 Å². The lowest BCUT2D eigenvalue weighted by Gasteiger charge is -1.95. The van der Waals surface area contributed by atoms with Crippen LogP contribution in [0.1, 0.15) is 5.82 Å². The zero-order valence-electron chi connectivity index (χ0n) is 7.59. The van der Waals surface area contributed by atoms with E-state index in [-0.39, 0.29) is 0 Å². The number of aryl methyl sites for hydroxylation is 1. The van der Waals surface area contributed by atoms with E-state index in [0.717, 1.165) is 17.7 Å². The summed E-state index contributed by atoms with van der Waals surface area (Å²) >= 11 is 1.01. The van der Waals surface area contributed by atoms with Gasteiger partial charge in [-0.15, -0.1) is 0 Å². The summed E-state index contributed by atoms with van der Waals surface area (Å²) < 4.78 is 3.83. The van der Waals surface area contributed by atoms with E-state index in [1.807, 2.05) is 0 Å². The number of carboxylic acid groups (broad SMARTS) is 2. The van der Waals surface area contributed by atoms with Crippen LogP contribution >= 0.6 is 11.5 Å². The minimum atomic E-state index is -1.52. The number of nitrogens with zero attached hydrogens (tertiary/aromatic N) is 2. The van der Waals surface area contributed by atoms with Gasteiger partial charge in [0.05, 0.1) is 0 Å². The summed E-state index contributed by atoms with van der Waals surface area (Å²) in [5, 5.41) is 19.8. The van der Waals surface area contributed by atoms with Gasteiger partial charge >= 0.3 is 11.9 Å². The average Bonchev–Trinajstić information content (AvgIpc) is 2.50. The number of carboxylic acids is 2. The maximum absolute atomic E-state index is 10.4. The van der Waals surface area contributed by atoms with Crippen LogP contribution in [-0.4, -0.2) is 31.5 Å². The van der Waals surface area contributed by atoms with Crippen LogP contribution in [0.2, 0.25) is 0 Å². The lowest BCUT2D eigenvalue weighted by molar-refractivity contribution is -0.140. The Bertz CT molecular complexity index is 410. The molecule has 80 valence electrons. The first kappa shape index (κ1) is 11.1. The number of hydrogen-bond acceptors (Lipinski definition) is 6. The molecule has 0 unspecified atom stereocenters. The third kappa shape index (κ3) is 3.02. The molecule has 0 atom stereocenters. The Labute approximate surface area is 88.2 Å². The highest BCUT2D eigenvalue weighted by Crippen LogP contribution is 2.10. The fourth-order valence-corrected chi connectivity index (χ4v) is 1.25. The van der Waals surface area contributed by atoms with Crippen LogP contribution in [0.25, 0.3) is 0 Å². The molecule has 0 aliphatic heterocycles. The fourth-order valence-electron chi connectivity index (χ4n) is 0.705. The van der Waals surface area contributed by atoms with E-state index >= 15 is 0 Å². The van der Waals surface area contributed by atoms with Crippen LogP contribution in [0.5, 0.6) is 0 Å². The molecule has 7 nitrogen and oxygen atoms in total. The Balaban J connectivity index is 2.78. The van der Waals surface area contributed by atoms with E-state index in [0.29, 0.717) is 11.0 Å². The molecule has 0 saturated carbocycles. The molecule has 1 aromatic heterocycles. The molecular weight excluding hydrogens is 222 g/mol. The first-order valence-corrected chi connectivity index (χ1v) is 4.51. The van der Waals surface area contributed by atoms with Crippen LogP contribution in [0.3, 0.4) is 0 Å². The largest absolute Gasteiger partial charge is 0.477 e. The lowest BCUT2D eigenvalue weighted by Crippen LogP contribution is -2.12. The predicted octanol–water partition coefficient (Wildman–Crippen LogP) is 0.312. The molecule has 3 N–H and O–H groups in total. The minimum absolute atomic E-state index is 0.340. The molecule has 8 heteroatoms. The van der Waals surface area contributed by atoms with Crippen molar-refractivity contribution in [3.8, 4) is 0 Å². The monoisotopic (exact) mass is 229 g/mol. The Kier molecular flexibility index (Phi) is 3.34. The molecule has 0 aliphatic rings. The highest BCUT2D eigenvalue weighted by Gasteiger charge is 2.15. The van der Waals surface area contributed by atoms with Gasteiger partial charge in [-0.05, 0) is 6.92 Å². The second-order valence-electron chi connectivity index (χ2n) is 2.46. The van der Waals surface area contributed by atoms with Crippen molar-refractivity contribution in [1.82, 2.24) is 9.36 Å². The summed E-state index contributed by atoms with van der Waals surface area (Å²) in [6.45, 7) is 1.67. The second-order valence-corrected chi connectivity index (χ2v) is 3.21. The number of anilines is 1. The molecule has 0 amide bonds. The highest BCUT2D eigenvalue weighted by atomic mass is 32.1. The van der Waals surface area contributed by atoms with Crippen LogP contribution in [0, 0.1) is 6.92 Å². The van der Waals surface area contributed by atoms with Crippen LogP contribution in [0.4, 0.5) is 5.13 Å². The molecular formula is C7H7N3O4S. The number of rotatable bonds is 4. The molecule has 0 spiro atoms. The molecule has 15 heavy (non-hydrogen) atoms. The molecule has 1 rings (SSSR count). The maximum atomic E-state index is 10.4. The summed E-state index contributed by atoms with van der Waals surface area (Å²) in [5.41, 5.74) is -0.761. The zero-order chi connectivity index (χ0) is 11.4. The Morgan fingerprint density at radius 3 is 2.40 bits per heavy atom. The predicted molar refractivity (Wildman–Crippen MR) is 51.6 cm³/mol. The van der Waals surface area contributed by atoms with Crippen molar-refractivity contribution in [2.24, 2.45) is 0 Å². The van der Waals surface area contributed by atoms with Crippen molar-refractivity contribution in [2.75, 3.05) is 5.32 Å². The maximum Gasteiger partial charge on any atom is 0.344 e. The number of aliphatic carboxylic acids is 2. The number of aromatic nitrogens is 2. The Morgan fingerprint density at radius 2 is 2.00 bits per heavy atom. The Morgan fingerprint density at radius 1 is 1.40 bits per heavy atom. The summed E-state index contributed by atoms with van der Waals surface area (Å²) in [6, 6.07) is 0. The number of hydrogen-bond donors (Lipinski definition) is 3. The van der Waals surface area contributed by atoms with Gasteiger partial charge in [-0.2, -0.15) is 4.37 Å². The van der Waals surface area contributed by atoms with Crippen molar-refractivity contribution >= 4 is 28.6 Å². The summed E-state index contributed by atoms with van der Waals surface area (Å²) in [4.78, 5) is 24.8. The van der Waals surface area contributed by atoms with E-state index in [2.05, 4.69) is 14.7 Å². The van der Waals surface area contributed by atoms with Crippen molar-refractivity contribution in [2.45, 2.75) is 6.92 Å². The fraction of sp³-hybridized carbons (Fsp3) is 0.143. The van der Waals surface area contributed by atoms with Gasteiger partial charge in [-0.25, -0.2) is 14.6 Å². The molecule has 0 radical (unpaired) electrons. The molecule has 1 aromatic rings. The molecule has 0 bridgehead atoms. The summed E-state index contributed by atoms with van der Waals surface area (Å²) in [5.74, 6) is -2.50. The summed E-state index contributed by atoms with van der Waals surface area (Å²) in [6.07, 6.45) is 0.866. The highest BCUT2D eigenvalue weighted by molar-refractivity contribution is 7.09. The average molecular weight is 229 g/mol. The number of nitrogens with one attached hydrogen (secondary N) is 1. The normalized spacial score (nSPS) is 9.40. The van der Waals surface area contributed by atoms with Gasteiger partial charge in [-0.1, -0.05) is 0 Å². The zero-order valence-corrected chi connectivity index (χ0v) is 8.41. The topological polar surface area (TPSA) is 112 Å².